The van der Waals surface area contributed by atoms with Gasteiger partial charge in [-0.3, -0.25) is 9.88 Å². The van der Waals surface area contributed by atoms with Crippen molar-refractivity contribution in [1.82, 2.24) is 29.8 Å². The maximum atomic E-state index is 6.03. The van der Waals surface area contributed by atoms with E-state index in [0.717, 1.165) is 37.4 Å². The average molecular weight is 309 g/mol. The summed E-state index contributed by atoms with van der Waals surface area (Å²) in [7, 11) is 0. The molecule has 1 aliphatic rings. The van der Waals surface area contributed by atoms with Crippen LogP contribution in [0, 0.1) is 6.92 Å². The van der Waals surface area contributed by atoms with E-state index in [2.05, 4.69) is 35.9 Å². The fourth-order valence-corrected chi connectivity index (χ4v) is 3.16. The van der Waals surface area contributed by atoms with E-state index in [1.807, 2.05) is 19.2 Å². The number of likely N-dealkylation sites (tertiary alicyclic amines) is 1. The van der Waals surface area contributed by atoms with Crippen LogP contribution in [0.3, 0.4) is 0 Å². The van der Waals surface area contributed by atoms with Crippen molar-refractivity contribution in [1.29, 1.82) is 0 Å². The summed E-state index contributed by atoms with van der Waals surface area (Å²) in [6, 6.07) is 4.36. The van der Waals surface area contributed by atoms with E-state index in [4.69, 9.17) is 5.73 Å². The Morgan fingerprint density at radius 2 is 2.22 bits per heavy atom. The number of fused-ring (bicyclic) bond motifs is 1. The van der Waals surface area contributed by atoms with E-state index in [1.165, 1.54) is 5.56 Å². The molecule has 3 aromatic rings. The molecule has 0 aromatic carbocycles. The lowest BCUT2D eigenvalue weighted by Gasteiger charge is -2.23. The summed E-state index contributed by atoms with van der Waals surface area (Å²) >= 11 is 0. The number of aryl methyl sites for hydroxylation is 1. The highest BCUT2D eigenvalue weighted by atomic mass is 15.2. The highest BCUT2D eigenvalue weighted by Gasteiger charge is 2.29. The Balaban J connectivity index is 1.62. The molecular formula is C16H19N7. The second kappa shape index (κ2) is 5.58. The van der Waals surface area contributed by atoms with Crippen molar-refractivity contribution < 1.29 is 0 Å². The predicted octanol–water partition coefficient (Wildman–Crippen LogP) is 1.98. The average Bonchev–Trinajstić information content (AvgIpc) is 3.18. The summed E-state index contributed by atoms with van der Waals surface area (Å²) in [6.07, 6.45) is 5.71. The lowest BCUT2D eigenvalue weighted by molar-refractivity contribution is 0.240. The number of aromatic amines is 1. The summed E-state index contributed by atoms with van der Waals surface area (Å²) in [6.45, 7) is 3.87. The minimum absolute atomic E-state index is 0.180. The lowest BCUT2D eigenvalue weighted by atomic mass is 10.2. The van der Waals surface area contributed by atoms with Gasteiger partial charge in [0.05, 0.1) is 12.4 Å². The van der Waals surface area contributed by atoms with Gasteiger partial charge in [-0.2, -0.15) is 0 Å². The molecule has 4 rings (SSSR count). The van der Waals surface area contributed by atoms with E-state index in [1.54, 1.807) is 6.33 Å². The molecule has 1 atom stereocenters. The molecular weight excluding hydrogens is 290 g/mol. The molecule has 3 N–H and O–H groups in total. The molecule has 0 radical (unpaired) electrons. The SMILES string of the molecule is Cc1ccc(CN2CCCC2c2nc(N)c3[nH]cnc3n2)cn1. The van der Waals surface area contributed by atoms with Gasteiger partial charge in [0.2, 0.25) is 0 Å². The maximum Gasteiger partial charge on any atom is 0.183 e. The zero-order valence-electron chi connectivity index (χ0n) is 13.0. The quantitative estimate of drug-likeness (QED) is 0.768. The summed E-state index contributed by atoms with van der Waals surface area (Å²) in [5.74, 6) is 1.23. The number of rotatable bonds is 3. The van der Waals surface area contributed by atoms with Crippen LogP contribution in [0.5, 0.6) is 0 Å². The van der Waals surface area contributed by atoms with Gasteiger partial charge in [-0.15, -0.1) is 0 Å². The topological polar surface area (TPSA) is 96.6 Å². The van der Waals surface area contributed by atoms with Gasteiger partial charge in [-0.1, -0.05) is 6.07 Å². The Bertz CT molecular complexity index is 824. The molecule has 7 heteroatoms. The van der Waals surface area contributed by atoms with Crippen LogP contribution in [0.2, 0.25) is 0 Å². The van der Waals surface area contributed by atoms with E-state index < -0.39 is 0 Å². The fourth-order valence-electron chi connectivity index (χ4n) is 3.16. The molecule has 1 unspecified atom stereocenters. The van der Waals surface area contributed by atoms with E-state index >= 15 is 0 Å². The van der Waals surface area contributed by atoms with Crippen molar-refractivity contribution in [2.45, 2.75) is 32.4 Å². The van der Waals surface area contributed by atoms with Crippen LogP contribution in [-0.2, 0) is 6.54 Å². The molecule has 7 nitrogen and oxygen atoms in total. The van der Waals surface area contributed by atoms with Gasteiger partial charge in [-0.05, 0) is 37.9 Å². The molecule has 0 spiro atoms. The molecule has 118 valence electrons. The van der Waals surface area contributed by atoms with E-state index in [9.17, 15) is 0 Å². The minimum Gasteiger partial charge on any atom is -0.382 e. The van der Waals surface area contributed by atoms with Gasteiger partial charge < -0.3 is 10.7 Å². The predicted molar refractivity (Wildman–Crippen MR) is 87.5 cm³/mol. The third-order valence-corrected chi connectivity index (χ3v) is 4.35. The van der Waals surface area contributed by atoms with Crippen molar-refractivity contribution in [3.8, 4) is 0 Å². The van der Waals surface area contributed by atoms with E-state index in [-0.39, 0.29) is 6.04 Å². The van der Waals surface area contributed by atoms with Gasteiger partial charge in [-0.25, -0.2) is 15.0 Å². The second-order valence-electron chi connectivity index (χ2n) is 6.00. The number of nitrogens with two attached hydrogens (primary N) is 1. The Kier molecular flexibility index (Phi) is 3.42. The normalized spacial score (nSPS) is 18.7. The van der Waals surface area contributed by atoms with Crippen LogP contribution in [-0.4, -0.2) is 36.4 Å². The number of hydrogen-bond donors (Lipinski definition) is 2. The highest BCUT2D eigenvalue weighted by Crippen LogP contribution is 2.32. The number of aromatic nitrogens is 5. The lowest BCUT2D eigenvalue weighted by Crippen LogP contribution is -2.24. The molecule has 0 aliphatic carbocycles. The van der Waals surface area contributed by atoms with Crippen molar-refractivity contribution in [2.75, 3.05) is 12.3 Å². The van der Waals surface area contributed by atoms with Crippen LogP contribution in [0.25, 0.3) is 11.2 Å². The third-order valence-electron chi connectivity index (χ3n) is 4.35. The number of anilines is 1. The first kappa shape index (κ1) is 14.1. The van der Waals surface area contributed by atoms with Crippen LogP contribution >= 0.6 is 0 Å². The largest absolute Gasteiger partial charge is 0.382 e. The molecule has 23 heavy (non-hydrogen) atoms. The first-order valence-corrected chi connectivity index (χ1v) is 7.83. The minimum atomic E-state index is 0.180. The Morgan fingerprint density at radius 3 is 3.04 bits per heavy atom. The van der Waals surface area contributed by atoms with Gasteiger partial charge in [0.15, 0.2) is 17.3 Å². The smallest absolute Gasteiger partial charge is 0.183 e. The molecule has 1 fully saturated rings. The number of pyridine rings is 1. The standard InChI is InChI=1S/C16H19N7/c1-10-4-5-11(7-18-10)8-23-6-2-3-12(23)15-21-14(17)13-16(22-15)20-9-19-13/h4-5,7,9,12H,2-3,6,8H2,1H3,(H3,17,19,20,21,22). The zero-order valence-corrected chi connectivity index (χ0v) is 13.0. The van der Waals surface area contributed by atoms with Crippen LogP contribution < -0.4 is 5.73 Å². The number of nitrogen functional groups attached to an aromatic ring is 1. The molecule has 4 heterocycles. The highest BCUT2D eigenvalue weighted by molar-refractivity contribution is 5.80. The monoisotopic (exact) mass is 309 g/mol. The number of H-pyrrole nitrogens is 1. The number of imidazole rings is 1. The number of nitrogens with zero attached hydrogens (tertiary/aromatic N) is 5. The summed E-state index contributed by atoms with van der Waals surface area (Å²) in [4.78, 5) is 23.1. The third kappa shape index (κ3) is 2.63. The van der Waals surface area contributed by atoms with Crippen LogP contribution in [0.15, 0.2) is 24.7 Å². The zero-order chi connectivity index (χ0) is 15.8. The maximum absolute atomic E-state index is 6.03. The van der Waals surface area contributed by atoms with Crippen molar-refractivity contribution in [2.24, 2.45) is 0 Å². The Labute approximate surface area is 134 Å². The van der Waals surface area contributed by atoms with Crippen molar-refractivity contribution in [3.05, 3.63) is 41.7 Å². The van der Waals surface area contributed by atoms with Crippen LogP contribution in [0.1, 0.15) is 36.0 Å². The van der Waals surface area contributed by atoms with Gasteiger partial charge in [0.25, 0.3) is 0 Å². The number of nitrogens with one attached hydrogen (secondary N) is 1. The van der Waals surface area contributed by atoms with E-state index in [0.29, 0.717) is 17.0 Å². The second-order valence-corrected chi connectivity index (χ2v) is 6.00. The fraction of sp³-hybridized carbons (Fsp3) is 0.375. The molecule has 3 aromatic heterocycles. The summed E-state index contributed by atoms with van der Waals surface area (Å²) in [5.41, 5.74) is 9.62. The Hall–Kier alpha value is -2.54. The molecule has 0 saturated carbocycles. The Morgan fingerprint density at radius 1 is 1.30 bits per heavy atom. The molecule has 0 amide bonds. The van der Waals surface area contributed by atoms with Crippen molar-refractivity contribution >= 4 is 17.0 Å². The first-order chi connectivity index (χ1) is 11.2. The van der Waals surface area contributed by atoms with Crippen molar-refractivity contribution in [3.63, 3.8) is 0 Å². The van der Waals surface area contributed by atoms with Gasteiger partial charge in [0, 0.05) is 18.4 Å². The molecule has 1 saturated heterocycles. The molecule has 0 bridgehead atoms. The molecule has 1 aliphatic heterocycles. The summed E-state index contributed by atoms with van der Waals surface area (Å²) < 4.78 is 0. The number of hydrogen-bond acceptors (Lipinski definition) is 6. The van der Waals surface area contributed by atoms with Gasteiger partial charge in [0.1, 0.15) is 5.52 Å². The van der Waals surface area contributed by atoms with Crippen LogP contribution in [0.4, 0.5) is 5.82 Å². The summed E-state index contributed by atoms with van der Waals surface area (Å²) in [5, 5.41) is 0. The van der Waals surface area contributed by atoms with Gasteiger partial charge >= 0.3 is 0 Å². The first-order valence-electron chi connectivity index (χ1n) is 7.83.